The lowest BCUT2D eigenvalue weighted by Crippen LogP contribution is -2.64. The second-order valence-corrected chi connectivity index (χ2v) is 12.9. The lowest BCUT2D eigenvalue weighted by molar-refractivity contribution is -0.157. The number of hydrogen-bond donors (Lipinski definition) is 0. The Morgan fingerprint density at radius 3 is 2.57 bits per heavy atom. The summed E-state index contributed by atoms with van der Waals surface area (Å²) in [6.07, 6.45) is 1.88. The first-order chi connectivity index (χ1) is 10.5. The van der Waals surface area contributed by atoms with E-state index in [1.54, 1.807) is 0 Å². The quantitative estimate of drug-likeness (QED) is 0.334. The third-order valence-corrected chi connectivity index (χ3v) is 9.98. The summed E-state index contributed by atoms with van der Waals surface area (Å²) >= 11 is 0. The van der Waals surface area contributed by atoms with Crippen molar-refractivity contribution < 1.29 is 18.8 Å². The fraction of sp³-hybridized carbons (Fsp3) is 0.765. The highest BCUT2D eigenvalue weighted by atomic mass is 28.4. The molecule has 1 fully saturated rings. The number of ether oxygens (including phenoxy) is 1. The Hall–Kier alpha value is -1.14. The van der Waals surface area contributed by atoms with Crippen molar-refractivity contribution in [3.63, 3.8) is 0 Å². The van der Waals surface area contributed by atoms with Crippen molar-refractivity contribution in [2.24, 2.45) is 5.92 Å². The number of β-lactam (4-membered cyclic amide) rings is 1. The van der Waals surface area contributed by atoms with Crippen molar-refractivity contribution in [2.75, 3.05) is 13.2 Å². The molecule has 6 heteroatoms. The maximum atomic E-state index is 12.4. The molecule has 1 saturated heterocycles. The third kappa shape index (κ3) is 3.38. The van der Waals surface area contributed by atoms with Gasteiger partial charge in [0.15, 0.2) is 8.32 Å². The second-order valence-electron chi connectivity index (χ2n) is 8.10. The van der Waals surface area contributed by atoms with Gasteiger partial charge in [-0.1, -0.05) is 26.8 Å². The topological polar surface area (TPSA) is 55.8 Å². The maximum absolute atomic E-state index is 12.4. The zero-order valence-electron chi connectivity index (χ0n) is 15.3. The highest BCUT2D eigenvalue weighted by Gasteiger charge is 2.55. The highest BCUT2D eigenvalue weighted by Crippen LogP contribution is 2.43. The molecule has 2 rings (SSSR count). The highest BCUT2D eigenvalue weighted by molar-refractivity contribution is 6.74. The van der Waals surface area contributed by atoms with Gasteiger partial charge in [-0.2, -0.15) is 0 Å². The van der Waals surface area contributed by atoms with E-state index >= 15 is 0 Å². The summed E-state index contributed by atoms with van der Waals surface area (Å²) < 4.78 is 11.5. The van der Waals surface area contributed by atoms with E-state index in [1.165, 1.54) is 6.92 Å². The molecule has 0 aliphatic carbocycles. The van der Waals surface area contributed by atoms with Crippen LogP contribution in [-0.4, -0.2) is 50.4 Å². The number of esters is 1. The van der Waals surface area contributed by atoms with Crippen molar-refractivity contribution in [1.29, 1.82) is 0 Å². The number of rotatable bonds is 5. The number of carbonyl (C=O) groups excluding carboxylic acids is 2. The molecule has 0 N–H and O–H groups in total. The molecule has 23 heavy (non-hydrogen) atoms. The standard InChI is InChI=1S/C17H29NO4Si/c1-11(22-23(6,7)17(3,4)5)14-15-13(10-21-12(2)19)8-9-18(15)16(14)20/h8,11,14-15H,9-10H2,1-7H3/t11-,14-,15-/m1/s1. The van der Waals surface area contributed by atoms with Crippen molar-refractivity contribution in [2.45, 2.75) is 64.9 Å². The Morgan fingerprint density at radius 1 is 1.43 bits per heavy atom. The summed E-state index contributed by atoms with van der Waals surface area (Å²) in [7, 11) is -1.92. The van der Waals surface area contributed by atoms with Crippen LogP contribution in [0.1, 0.15) is 34.6 Å². The van der Waals surface area contributed by atoms with E-state index in [-0.39, 0.29) is 41.6 Å². The van der Waals surface area contributed by atoms with Crippen molar-refractivity contribution in [1.82, 2.24) is 4.90 Å². The van der Waals surface area contributed by atoms with Crippen LogP contribution in [0.25, 0.3) is 0 Å². The Labute approximate surface area is 140 Å². The third-order valence-electron chi connectivity index (χ3n) is 5.41. The number of fused-ring (bicyclic) bond motifs is 1. The van der Waals surface area contributed by atoms with Crippen molar-refractivity contribution in [3.05, 3.63) is 11.6 Å². The molecular weight excluding hydrogens is 310 g/mol. The Morgan fingerprint density at radius 2 is 2.04 bits per heavy atom. The smallest absolute Gasteiger partial charge is 0.302 e. The van der Waals surface area contributed by atoms with Gasteiger partial charge in [0.1, 0.15) is 6.61 Å². The molecule has 0 unspecified atom stereocenters. The summed E-state index contributed by atoms with van der Waals surface area (Å²) in [6.45, 7) is 15.3. The molecule has 0 saturated carbocycles. The zero-order chi connectivity index (χ0) is 17.6. The molecule has 3 atom stereocenters. The van der Waals surface area contributed by atoms with Gasteiger partial charge in [0.2, 0.25) is 5.91 Å². The van der Waals surface area contributed by atoms with Gasteiger partial charge in [0, 0.05) is 13.5 Å². The predicted octanol–water partition coefficient (Wildman–Crippen LogP) is 2.73. The van der Waals surface area contributed by atoms with Gasteiger partial charge < -0.3 is 14.1 Å². The summed E-state index contributed by atoms with van der Waals surface area (Å²) in [5.74, 6) is -0.305. The number of amides is 1. The van der Waals surface area contributed by atoms with Gasteiger partial charge in [-0.15, -0.1) is 0 Å². The van der Waals surface area contributed by atoms with E-state index < -0.39 is 8.32 Å². The van der Waals surface area contributed by atoms with E-state index in [1.807, 2.05) is 17.9 Å². The predicted molar refractivity (Wildman–Crippen MR) is 91.5 cm³/mol. The Kier molecular flexibility index (Phi) is 4.79. The van der Waals surface area contributed by atoms with Crippen LogP contribution in [-0.2, 0) is 18.8 Å². The molecule has 5 nitrogen and oxygen atoms in total. The summed E-state index contributed by atoms with van der Waals surface area (Å²) in [4.78, 5) is 25.3. The van der Waals surface area contributed by atoms with Crippen LogP contribution in [0.3, 0.4) is 0 Å². The number of hydrogen-bond acceptors (Lipinski definition) is 4. The first-order valence-corrected chi connectivity index (χ1v) is 11.2. The normalized spacial score (nSPS) is 25.6. The minimum absolute atomic E-state index is 0.0293. The van der Waals surface area contributed by atoms with Gasteiger partial charge in [0.25, 0.3) is 0 Å². The van der Waals surface area contributed by atoms with E-state index in [0.717, 1.165) is 5.57 Å². The van der Waals surface area contributed by atoms with E-state index in [0.29, 0.717) is 6.54 Å². The summed E-state index contributed by atoms with van der Waals surface area (Å²) in [5, 5.41) is 0.111. The van der Waals surface area contributed by atoms with Gasteiger partial charge in [0.05, 0.1) is 18.1 Å². The van der Waals surface area contributed by atoms with Crippen LogP contribution in [0.4, 0.5) is 0 Å². The molecule has 130 valence electrons. The van der Waals surface area contributed by atoms with Crippen molar-refractivity contribution >= 4 is 20.2 Å². The molecule has 0 aromatic rings. The van der Waals surface area contributed by atoms with Crippen molar-refractivity contribution in [3.8, 4) is 0 Å². The Bertz CT molecular complexity index is 535. The summed E-state index contributed by atoms with van der Waals surface area (Å²) in [5.41, 5.74) is 1.02. The second kappa shape index (κ2) is 6.05. The largest absolute Gasteiger partial charge is 0.461 e. The van der Waals surface area contributed by atoms with Crippen LogP contribution < -0.4 is 0 Å². The first-order valence-electron chi connectivity index (χ1n) is 8.26. The number of carbonyl (C=O) groups is 2. The molecule has 0 radical (unpaired) electrons. The molecule has 1 amide bonds. The van der Waals surface area contributed by atoms with Crippen LogP contribution >= 0.6 is 0 Å². The average molecular weight is 340 g/mol. The van der Waals surface area contributed by atoms with E-state index in [9.17, 15) is 9.59 Å². The van der Waals surface area contributed by atoms with E-state index in [2.05, 4.69) is 33.9 Å². The van der Waals surface area contributed by atoms with E-state index in [4.69, 9.17) is 9.16 Å². The number of nitrogens with zero attached hydrogens (tertiary/aromatic N) is 1. The maximum Gasteiger partial charge on any atom is 0.302 e. The van der Waals surface area contributed by atoms with Gasteiger partial charge in [-0.05, 0) is 30.6 Å². The zero-order valence-corrected chi connectivity index (χ0v) is 16.3. The fourth-order valence-corrected chi connectivity index (χ4v) is 4.48. The Balaban J connectivity index is 2.06. The molecule has 2 heterocycles. The molecular formula is C17H29NO4Si. The average Bonchev–Trinajstić information content (AvgIpc) is 2.73. The molecule has 0 aromatic heterocycles. The van der Waals surface area contributed by atoms with Gasteiger partial charge >= 0.3 is 5.97 Å². The molecule has 0 bridgehead atoms. The monoisotopic (exact) mass is 339 g/mol. The lowest BCUT2D eigenvalue weighted by Gasteiger charge is -2.49. The molecule has 0 aromatic carbocycles. The minimum Gasteiger partial charge on any atom is -0.461 e. The van der Waals surface area contributed by atoms with Gasteiger partial charge in [-0.25, -0.2) is 0 Å². The van der Waals surface area contributed by atoms with Crippen LogP contribution in [0.5, 0.6) is 0 Å². The van der Waals surface area contributed by atoms with Crippen LogP contribution in [0, 0.1) is 5.92 Å². The molecule has 2 aliphatic rings. The van der Waals surface area contributed by atoms with Gasteiger partial charge in [-0.3, -0.25) is 9.59 Å². The summed E-state index contributed by atoms with van der Waals surface area (Å²) in [6, 6.07) is 0.0293. The molecule has 2 aliphatic heterocycles. The van der Waals surface area contributed by atoms with Crippen LogP contribution in [0.2, 0.25) is 18.1 Å². The molecule has 0 spiro atoms. The van der Waals surface area contributed by atoms with Crippen LogP contribution in [0.15, 0.2) is 11.6 Å². The minimum atomic E-state index is -1.92. The SMILES string of the molecule is CC(=O)OCC1=CCN2C(=O)[C@H]([C@@H](C)O[Si](C)(C)C(C)(C)C)[C@@H]12. The lowest BCUT2D eigenvalue weighted by atomic mass is 9.81. The fourth-order valence-electron chi connectivity index (χ4n) is 3.05. The first kappa shape index (κ1) is 18.2.